The van der Waals surface area contributed by atoms with Crippen LogP contribution in [0.4, 0.5) is 10.5 Å². The third-order valence-corrected chi connectivity index (χ3v) is 5.83. The molecule has 2 aromatic carbocycles. The van der Waals surface area contributed by atoms with Crippen molar-refractivity contribution >= 4 is 32.6 Å². The molecular weight excluding hydrogens is 408 g/mol. The van der Waals surface area contributed by atoms with E-state index < -0.39 is 21.7 Å². The molecule has 9 heteroatoms. The number of amides is 1. The molecule has 3 rings (SSSR count). The summed E-state index contributed by atoms with van der Waals surface area (Å²) in [5.41, 5.74) is -0.981. The van der Waals surface area contributed by atoms with Gasteiger partial charge in [-0.3, -0.25) is 5.21 Å². The van der Waals surface area contributed by atoms with Crippen LogP contribution in [-0.4, -0.2) is 32.4 Å². The Labute approximate surface area is 174 Å². The van der Waals surface area contributed by atoms with Crippen molar-refractivity contribution in [2.45, 2.75) is 31.3 Å². The molecule has 1 aromatic heterocycles. The zero-order valence-electron chi connectivity index (χ0n) is 17.1. The lowest BCUT2D eigenvalue weighted by molar-refractivity contribution is -0.903. The van der Waals surface area contributed by atoms with Crippen molar-refractivity contribution in [1.29, 1.82) is 0 Å². The van der Waals surface area contributed by atoms with Crippen LogP contribution in [0, 0.1) is 0 Å². The molecule has 0 aliphatic carbocycles. The first-order valence-corrected chi connectivity index (χ1v) is 10.5. The van der Waals surface area contributed by atoms with Gasteiger partial charge < -0.3 is 9.47 Å². The first kappa shape index (κ1) is 21.4. The second-order valence-electron chi connectivity index (χ2n) is 7.54. The van der Waals surface area contributed by atoms with Gasteiger partial charge in [-0.1, -0.05) is 18.2 Å². The molecule has 1 amide bonds. The highest BCUT2D eigenvalue weighted by Crippen LogP contribution is 2.31. The molecule has 0 fully saturated rings. The van der Waals surface area contributed by atoms with Crippen LogP contribution in [-0.2, 0) is 14.8 Å². The fourth-order valence-electron chi connectivity index (χ4n) is 2.86. The zero-order valence-corrected chi connectivity index (χ0v) is 17.9. The fourth-order valence-corrected chi connectivity index (χ4v) is 4.19. The number of rotatable bonds is 4. The smallest absolute Gasteiger partial charge is 0.429 e. The third-order valence-electron chi connectivity index (χ3n) is 4.14. The summed E-state index contributed by atoms with van der Waals surface area (Å²) in [5.74, 6) is 0.469. The summed E-state index contributed by atoms with van der Waals surface area (Å²) in [6.45, 7) is 4.91. The third kappa shape index (κ3) is 4.30. The minimum Gasteiger partial charge on any atom is -0.497 e. The van der Waals surface area contributed by atoms with E-state index in [1.165, 1.54) is 37.6 Å². The first-order valence-electron chi connectivity index (χ1n) is 9.08. The largest absolute Gasteiger partial charge is 0.497 e. The molecule has 0 saturated heterocycles. The predicted molar refractivity (Wildman–Crippen MR) is 110 cm³/mol. The van der Waals surface area contributed by atoms with Crippen LogP contribution in [0.1, 0.15) is 20.8 Å². The molecule has 30 heavy (non-hydrogen) atoms. The summed E-state index contributed by atoms with van der Waals surface area (Å²) in [6.07, 6.45) is 1.47. The summed E-state index contributed by atoms with van der Waals surface area (Å²) in [7, 11) is -2.92. The predicted octanol–water partition coefficient (Wildman–Crippen LogP) is 3.50. The van der Waals surface area contributed by atoms with Gasteiger partial charge >= 0.3 is 6.09 Å². The van der Waals surface area contributed by atoms with Gasteiger partial charge in [-0.15, -0.1) is 0 Å². The molecule has 1 N–H and O–H groups in total. The van der Waals surface area contributed by atoms with E-state index in [9.17, 15) is 18.4 Å². The summed E-state index contributed by atoms with van der Waals surface area (Å²) >= 11 is 0. The van der Waals surface area contributed by atoms with Gasteiger partial charge in [0.05, 0.1) is 17.4 Å². The lowest BCUT2D eigenvalue weighted by Crippen LogP contribution is -2.42. The molecule has 0 aliphatic heterocycles. The normalized spacial score (nSPS) is 11.9. The highest BCUT2D eigenvalue weighted by Gasteiger charge is 2.37. The number of carbonyl (C=O) groups is 1. The minimum absolute atomic E-state index is 0.0410. The number of sulfonamides is 1. The molecule has 158 valence electrons. The monoisotopic (exact) mass is 431 g/mol. The highest BCUT2D eigenvalue weighted by molar-refractivity contribution is 7.93. The Kier molecular flexibility index (Phi) is 5.58. The van der Waals surface area contributed by atoms with E-state index >= 15 is 0 Å². The van der Waals surface area contributed by atoms with Gasteiger partial charge in [-0.25, -0.2) is 13.2 Å². The van der Waals surface area contributed by atoms with Crippen LogP contribution in [0.5, 0.6) is 5.75 Å². The standard InChI is InChI=1S/C21H23N2O6S/c1-21(2,3)29-20(24)23(30(26,27)17-11-9-16(28-4)10-12-17)19-14-22(25)13-15-7-5-6-8-18(15)19/h5-14,25H,1-4H3/q+1. The maximum atomic E-state index is 13.5. The molecule has 3 aromatic rings. The quantitative estimate of drug-likeness (QED) is 0.502. The van der Waals surface area contributed by atoms with E-state index in [0.29, 0.717) is 25.6 Å². The SMILES string of the molecule is COc1ccc(S(=O)(=O)N(C(=O)OC(C)(C)C)c2c[n+](O)cc3ccccc23)cc1. The van der Waals surface area contributed by atoms with Crippen LogP contribution < -0.4 is 13.8 Å². The number of pyridine rings is 1. The van der Waals surface area contributed by atoms with Crippen molar-refractivity contribution < 1.29 is 32.6 Å². The molecule has 0 unspecified atom stereocenters. The molecule has 0 saturated carbocycles. The van der Waals surface area contributed by atoms with E-state index in [-0.39, 0.29) is 10.6 Å². The number of ether oxygens (including phenoxy) is 2. The molecule has 1 heterocycles. The van der Waals surface area contributed by atoms with Gasteiger partial charge in [-0.2, -0.15) is 4.31 Å². The number of fused-ring (bicyclic) bond motifs is 1. The Morgan fingerprint density at radius 1 is 1.03 bits per heavy atom. The molecule has 0 spiro atoms. The number of carbonyl (C=O) groups excluding carboxylic acids is 1. The summed E-state index contributed by atoms with van der Waals surface area (Å²) in [6, 6.07) is 12.4. The van der Waals surface area contributed by atoms with Gasteiger partial charge in [0.15, 0.2) is 0 Å². The van der Waals surface area contributed by atoms with Crippen LogP contribution in [0.15, 0.2) is 65.8 Å². The number of anilines is 1. The van der Waals surface area contributed by atoms with Crippen molar-refractivity contribution in [3.8, 4) is 5.75 Å². The number of hydrogen-bond acceptors (Lipinski definition) is 6. The van der Waals surface area contributed by atoms with Crippen LogP contribution in [0.2, 0.25) is 0 Å². The van der Waals surface area contributed by atoms with E-state index in [1.807, 2.05) is 0 Å². The maximum absolute atomic E-state index is 13.5. The Hall–Kier alpha value is -3.33. The Bertz CT molecular complexity index is 1180. The van der Waals surface area contributed by atoms with Gasteiger partial charge in [0.2, 0.25) is 12.4 Å². The highest BCUT2D eigenvalue weighted by atomic mass is 32.2. The molecule has 0 bridgehead atoms. The van der Waals surface area contributed by atoms with Crippen LogP contribution in [0.25, 0.3) is 10.8 Å². The van der Waals surface area contributed by atoms with E-state index in [2.05, 4.69) is 0 Å². The van der Waals surface area contributed by atoms with Crippen molar-refractivity contribution in [2.24, 2.45) is 0 Å². The number of benzene rings is 2. The topological polar surface area (TPSA) is 97.0 Å². The first-order chi connectivity index (χ1) is 14.0. The van der Waals surface area contributed by atoms with Gasteiger partial charge in [0.1, 0.15) is 17.0 Å². The van der Waals surface area contributed by atoms with Crippen LogP contribution in [0.3, 0.4) is 0 Å². The van der Waals surface area contributed by atoms with Crippen molar-refractivity contribution in [3.05, 3.63) is 60.9 Å². The molecule has 0 aliphatic rings. The average Bonchev–Trinajstić information content (AvgIpc) is 2.66. The van der Waals surface area contributed by atoms with Crippen molar-refractivity contribution in [2.75, 3.05) is 11.4 Å². The molecule has 0 radical (unpaired) electrons. The number of methoxy groups -OCH3 is 1. The summed E-state index contributed by atoms with van der Waals surface area (Å²) in [4.78, 5) is 12.9. The Morgan fingerprint density at radius 3 is 2.27 bits per heavy atom. The van der Waals surface area contributed by atoms with Gasteiger partial charge in [-0.05, 0) is 51.1 Å². The second kappa shape index (κ2) is 7.83. The number of aromatic nitrogens is 1. The number of nitrogens with zero attached hydrogens (tertiary/aromatic N) is 2. The molecular formula is C21H23N2O6S+. The van der Waals surface area contributed by atoms with Gasteiger partial charge in [0.25, 0.3) is 10.0 Å². The number of hydrogen-bond donors (Lipinski definition) is 1. The zero-order chi connectivity index (χ0) is 22.1. The van der Waals surface area contributed by atoms with E-state index in [4.69, 9.17) is 9.47 Å². The minimum atomic E-state index is -4.38. The Balaban J connectivity index is 2.25. The van der Waals surface area contributed by atoms with Crippen LogP contribution >= 0.6 is 0 Å². The van der Waals surface area contributed by atoms with Crippen molar-refractivity contribution in [1.82, 2.24) is 0 Å². The summed E-state index contributed by atoms with van der Waals surface area (Å²) < 4.78 is 38.8. The van der Waals surface area contributed by atoms with E-state index in [1.54, 1.807) is 45.0 Å². The summed E-state index contributed by atoms with van der Waals surface area (Å²) in [5, 5.41) is 11.1. The second-order valence-corrected chi connectivity index (χ2v) is 9.32. The lowest BCUT2D eigenvalue weighted by Gasteiger charge is -2.26. The van der Waals surface area contributed by atoms with Crippen molar-refractivity contribution in [3.63, 3.8) is 0 Å². The maximum Gasteiger partial charge on any atom is 0.429 e. The molecule has 8 nitrogen and oxygen atoms in total. The lowest BCUT2D eigenvalue weighted by atomic mass is 10.1. The average molecular weight is 431 g/mol. The fraction of sp³-hybridized carbons (Fsp3) is 0.238. The van der Waals surface area contributed by atoms with E-state index in [0.717, 1.165) is 6.20 Å². The molecule has 0 atom stereocenters. The Morgan fingerprint density at radius 2 is 1.67 bits per heavy atom. The van der Waals surface area contributed by atoms with Gasteiger partial charge in [0, 0.05) is 10.1 Å².